The Balaban J connectivity index is 2.11. The van der Waals surface area contributed by atoms with Crippen LogP contribution in [0.1, 0.15) is 47.3 Å². The molecule has 2 rings (SSSR count). The number of nitrogens with zero attached hydrogens (tertiary/aromatic N) is 1. The van der Waals surface area contributed by atoms with E-state index in [1.54, 1.807) is 0 Å². The molecule has 0 spiro atoms. The Kier molecular flexibility index (Phi) is 5.44. The van der Waals surface area contributed by atoms with Crippen LogP contribution in [0.2, 0.25) is 0 Å². The zero-order chi connectivity index (χ0) is 13.5. The number of rotatable bonds is 1. The first-order valence-corrected chi connectivity index (χ1v) is 7.76. The average Bonchev–Trinajstić information content (AvgIpc) is 2.83. The van der Waals surface area contributed by atoms with Crippen LogP contribution in [0.3, 0.4) is 0 Å². The summed E-state index contributed by atoms with van der Waals surface area (Å²) in [5.41, 5.74) is 6.21. The quantitative estimate of drug-likeness (QED) is 0.801. The second kappa shape index (κ2) is 7.32. The lowest BCUT2D eigenvalue weighted by atomic mass is 10.1. The van der Waals surface area contributed by atoms with Crippen molar-refractivity contribution in [1.82, 2.24) is 4.90 Å². The van der Waals surface area contributed by atoms with E-state index in [-0.39, 0.29) is 5.91 Å². The summed E-state index contributed by atoms with van der Waals surface area (Å²) in [5, 5.41) is 1.93. The number of hydrogen-bond donors (Lipinski definition) is 1. The van der Waals surface area contributed by atoms with Gasteiger partial charge in [0, 0.05) is 18.7 Å². The van der Waals surface area contributed by atoms with Gasteiger partial charge in [-0.05, 0) is 24.3 Å². The van der Waals surface area contributed by atoms with Gasteiger partial charge in [-0.15, -0.1) is 11.3 Å². The minimum atomic E-state index is 0.137. The molecule has 1 aliphatic rings. The van der Waals surface area contributed by atoms with E-state index in [1.165, 1.54) is 30.6 Å². The van der Waals surface area contributed by atoms with Crippen LogP contribution in [-0.2, 0) is 0 Å². The molecule has 1 amide bonds. The monoisotopic (exact) mass is 276 g/mol. The zero-order valence-electron chi connectivity index (χ0n) is 11.2. The molecule has 1 saturated heterocycles. The third kappa shape index (κ3) is 3.82. The highest BCUT2D eigenvalue weighted by molar-refractivity contribution is 7.12. The molecule has 2 heterocycles. The SMILES string of the molecule is NCC#Cc1ccsc1C(=O)N1CCCCCCC1. The van der Waals surface area contributed by atoms with Crippen molar-refractivity contribution in [2.24, 2.45) is 5.73 Å². The maximum atomic E-state index is 12.5. The lowest BCUT2D eigenvalue weighted by Crippen LogP contribution is -2.33. The van der Waals surface area contributed by atoms with E-state index >= 15 is 0 Å². The normalized spacial score (nSPS) is 16.2. The summed E-state index contributed by atoms with van der Waals surface area (Å²) in [6.07, 6.45) is 5.98. The summed E-state index contributed by atoms with van der Waals surface area (Å²) >= 11 is 1.48. The summed E-state index contributed by atoms with van der Waals surface area (Å²) in [5.74, 6) is 5.95. The molecule has 0 saturated carbocycles. The highest BCUT2D eigenvalue weighted by Gasteiger charge is 2.20. The van der Waals surface area contributed by atoms with Crippen molar-refractivity contribution in [1.29, 1.82) is 0 Å². The molecular formula is C15H20N2OS. The zero-order valence-corrected chi connectivity index (χ0v) is 12.0. The van der Waals surface area contributed by atoms with E-state index in [9.17, 15) is 4.79 Å². The summed E-state index contributed by atoms with van der Waals surface area (Å²) in [6.45, 7) is 2.08. The molecule has 1 aromatic heterocycles. The van der Waals surface area contributed by atoms with Crippen molar-refractivity contribution < 1.29 is 4.79 Å². The average molecular weight is 276 g/mol. The lowest BCUT2D eigenvalue weighted by Gasteiger charge is -2.24. The Morgan fingerprint density at radius 2 is 1.95 bits per heavy atom. The second-order valence-electron chi connectivity index (χ2n) is 4.73. The molecular weight excluding hydrogens is 256 g/mol. The van der Waals surface area contributed by atoms with Crippen molar-refractivity contribution in [3.63, 3.8) is 0 Å². The van der Waals surface area contributed by atoms with Gasteiger partial charge in [-0.25, -0.2) is 0 Å². The molecule has 0 radical (unpaired) electrons. The van der Waals surface area contributed by atoms with Crippen LogP contribution >= 0.6 is 11.3 Å². The number of carbonyl (C=O) groups is 1. The van der Waals surface area contributed by atoms with E-state index in [0.29, 0.717) is 6.54 Å². The summed E-state index contributed by atoms with van der Waals surface area (Å²) < 4.78 is 0. The lowest BCUT2D eigenvalue weighted by molar-refractivity contribution is 0.0747. The smallest absolute Gasteiger partial charge is 0.265 e. The predicted molar refractivity (Wildman–Crippen MR) is 79.2 cm³/mol. The van der Waals surface area contributed by atoms with Gasteiger partial charge in [0.25, 0.3) is 5.91 Å². The Morgan fingerprint density at radius 1 is 1.26 bits per heavy atom. The van der Waals surface area contributed by atoms with Gasteiger partial charge in [0.15, 0.2) is 0 Å². The van der Waals surface area contributed by atoms with Crippen molar-refractivity contribution >= 4 is 17.2 Å². The van der Waals surface area contributed by atoms with Gasteiger partial charge in [-0.2, -0.15) is 0 Å². The van der Waals surface area contributed by atoms with E-state index in [4.69, 9.17) is 5.73 Å². The Morgan fingerprint density at radius 3 is 2.63 bits per heavy atom. The minimum Gasteiger partial charge on any atom is -0.338 e. The number of amides is 1. The molecule has 4 heteroatoms. The summed E-state index contributed by atoms with van der Waals surface area (Å²) in [4.78, 5) is 15.3. The molecule has 0 unspecified atom stereocenters. The number of likely N-dealkylation sites (tertiary alicyclic amines) is 1. The van der Waals surface area contributed by atoms with Crippen LogP contribution in [0.4, 0.5) is 0 Å². The van der Waals surface area contributed by atoms with Crippen LogP contribution in [0, 0.1) is 11.8 Å². The fourth-order valence-electron chi connectivity index (χ4n) is 2.31. The van der Waals surface area contributed by atoms with Crippen LogP contribution in [0.5, 0.6) is 0 Å². The Labute approximate surface area is 118 Å². The molecule has 1 aromatic rings. The standard InChI is InChI=1S/C15H20N2OS/c16-9-6-7-13-8-12-19-14(13)15(18)17-10-4-2-1-3-5-11-17/h8,12H,1-5,9-11,16H2. The van der Waals surface area contributed by atoms with E-state index in [2.05, 4.69) is 11.8 Å². The van der Waals surface area contributed by atoms with Crippen molar-refractivity contribution in [3.05, 3.63) is 21.9 Å². The largest absolute Gasteiger partial charge is 0.338 e. The van der Waals surface area contributed by atoms with Gasteiger partial charge in [0.1, 0.15) is 4.88 Å². The van der Waals surface area contributed by atoms with Gasteiger partial charge in [0.05, 0.1) is 6.54 Å². The van der Waals surface area contributed by atoms with E-state index < -0.39 is 0 Å². The molecule has 1 fully saturated rings. The number of carbonyl (C=O) groups excluding carboxylic acids is 1. The van der Waals surface area contributed by atoms with Crippen molar-refractivity contribution in [3.8, 4) is 11.8 Å². The van der Waals surface area contributed by atoms with Crippen LogP contribution in [0.15, 0.2) is 11.4 Å². The van der Waals surface area contributed by atoms with Crippen molar-refractivity contribution in [2.45, 2.75) is 32.1 Å². The molecule has 2 N–H and O–H groups in total. The number of thiophene rings is 1. The van der Waals surface area contributed by atoms with Gasteiger partial charge < -0.3 is 10.6 Å². The third-order valence-corrected chi connectivity index (χ3v) is 4.23. The first-order chi connectivity index (χ1) is 9.33. The third-order valence-electron chi connectivity index (χ3n) is 3.33. The molecule has 0 bridgehead atoms. The van der Waals surface area contributed by atoms with Gasteiger partial charge in [-0.3, -0.25) is 4.79 Å². The molecule has 1 aliphatic heterocycles. The predicted octanol–water partition coefficient (Wildman–Crippen LogP) is 2.46. The molecule has 19 heavy (non-hydrogen) atoms. The van der Waals surface area contributed by atoms with Gasteiger partial charge >= 0.3 is 0 Å². The second-order valence-corrected chi connectivity index (χ2v) is 5.65. The minimum absolute atomic E-state index is 0.137. The maximum absolute atomic E-state index is 12.5. The molecule has 0 aromatic carbocycles. The fourth-order valence-corrected chi connectivity index (χ4v) is 3.13. The number of hydrogen-bond acceptors (Lipinski definition) is 3. The molecule has 3 nitrogen and oxygen atoms in total. The van der Waals surface area contributed by atoms with Gasteiger partial charge in [-0.1, -0.05) is 31.1 Å². The van der Waals surface area contributed by atoms with Crippen LogP contribution in [-0.4, -0.2) is 30.4 Å². The Bertz CT molecular complexity index is 476. The maximum Gasteiger partial charge on any atom is 0.265 e. The molecule has 0 aliphatic carbocycles. The topological polar surface area (TPSA) is 46.3 Å². The highest BCUT2D eigenvalue weighted by atomic mass is 32.1. The first kappa shape index (κ1) is 14.1. The Hall–Kier alpha value is -1.31. The number of nitrogens with two attached hydrogens (primary N) is 1. The van der Waals surface area contributed by atoms with Gasteiger partial charge in [0.2, 0.25) is 0 Å². The van der Waals surface area contributed by atoms with Crippen LogP contribution < -0.4 is 5.73 Å². The van der Waals surface area contributed by atoms with Crippen LogP contribution in [0.25, 0.3) is 0 Å². The highest BCUT2D eigenvalue weighted by Crippen LogP contribution is 2.20. The summed E-state index contributed by atoms with van der Waals surface area (Å²) in [7, 11) is 0. The van der Waals surface area contributed by atoms with E-state index in [1.807, 2.05) is 16.3 Å². The van der Waals surface area contributed by atoms with E-state index in [0.717, 1.165) is 36.4 Å². The molecule has 0 atom stereocenters. The van der Waals surface area contributed by atoms with Crippen molar-refractivity contribution in [2.75, 3.05) is 19.6 Å². The first-order valence-electron chi connectivity index (χ1n) is 6.88. The molecule has 102 valence electrons. The summed E-state index contributed by atoms with van der Waals surface area (Å²) in [6, 6.07) is 1.91. The fraction of sp³-hybridized carbons (Fsp3) is 0.533.